The number of benzene rings is 1. The number of fused-ring (bicyclic) bond motifs is 1. The molecule has 2 heterocycles. The first-order valence-corrected chi connectivity index (χ1v) is 5.78. The third-order valence-electron chi connectivity index (χ3n) is 3.33. The highest BCUT2D eigenvalue weighted by atomic mass is 16.5. The highest BCUT2D eigenvalue weighted by Gasteiger charge is 2.37. The van der Waals surface area contributed by atoms with Gasteiger partial charge < -0.3 is 10.1 Å². The second kappa shape index (κ2) is 4.05. The lowest BCUT2D eigenvalue weighted by Gasteiger charge is -2.41. The first-order chi connectivity index (χ1) is 8.31. The van der Waals surface area contributed by atoms with E-state index in [0.29, 0.717) is 0 Å². The summed E-state index contributed by atoms with van der Waals surface area (Å²) in [6.07, 6.45) is 2.66. The number of nitrogens with zero attached hydrogens (tertiary/aromatic N) is 2. The summed E-state index contributed by atoms with van der Waals surface area (Å²) in [5.74, 6) is 0. The summed E-state index contributed by atoms with van der Waals surface area (Å²) < 4.78 is 5.56. The molecule has 17 heavy (non-hydrogen) atoms. The molecule has 0 saturated carbocycles. The number of methoxy groups -OCH3 is 1. The summed E-state index contributed by atoms with van der Waals surface area (Å²) >= 11 is 0. The Morgan fingerprint density at radius 2 is 2.06 bits per heavy atom. The van der Waals surface area contributed by atoms with Gasteiger partial charge in [-0.25, -0.2) is 4.98 Å². The van der Waals surface area contributed by atoms with Crippen LogP contribution in [-0.4, -0.2) is 35.8 Å². The van der Waals surface area contributed by atoms with E-state index in [9.17, 15) is 0 Å². The molecule has 0 amide bonds. The predicted octanol–water partition coefficient (Wildman–Crippen LogP) is 1.16. The molecule has 1 aliphatic rings. The maximum Gasteiger partial charge on any atom is 0.0981 e. The van der Waals surface area contributed by atoms with E-state index in [4.69, 9.17) is 4.74 Å². The summed E-state index contributed by atoms with van der Waals surface area (Å²) in [6.45, 7) is 1.77. The maximum atomic E-state index is 5.56. The summed E-state index contributed by atoms with van der Waals surface area (Å²) in [4.78, 5) is 9.04. The lowest BCUT2D eigenvalue weighted by Crippen LogP contribution is -2.62. The van der Waals surface area contributed by atoms with Gasteiger partial charge in [-0.2, -0.15) is 0 Å². The standard InChI is InChI=1S/C13H15N3O/c1-17-13(8-14-9-13)6-10-7-15-11-4-2-3-5-12(11)16-10/h2-5,7,14H,6,8-9H2,1H3. The highest BCUT2D eigenvalue weighted by Crippen LogP contribution is 2.21. The smallest absolute Gasteiger partial charge is 0.0981 e. The van der Waals surface area contributed by atoms with Gasteiger partial charge in [-0.1, -0.05) is 12.1 Å². The van der Waals surface area contributed by atoms with Crippen molar-refractivity contribution in [1.82, 2.24) is 15.3 Å². The SMILES string of the molecule is COC1(Cc2cnc3ccccc3n2)CNC1. The van der Waals surface area contributed by atoms with Gasteiger partial charge in [0.05, 0.1) is 22.3 Å². The molecule has 1 aliphatic heterocycles. The van der Waals surface area contributed by atoms with Gasteiger partial charge in [0, 0.05) is 32.8 Å². The third kappa shape index (κ3) is 1.90. The fraction of sp³-hybridized carbons (Fsp3) is 0.385. The summed E-state index contributed by atoms with van der Waals surface area (Å²) in [7, 11) is 1.76. The van der Waals surface area contributed by atoms with Gasteiger partial charge >= 0.3 is 0 Å². The van der Waals surface area contributed by atoms with Gasteiger partial charge in [-0.15, -0.1) is 0 Å². The van der Waals surface area contributed by atoms with Crippen molar-refractivity contribution in [2.45, 2.75) is 12.0 Å². The van der Waals surface area contributed by atoms with Gasteiger partial charge in [0.15, 0.2) is 0 Å². The number of rotatable bonds is 3. The van der Waals surface area contributed by atoms with E-state index in [0.717, 1.165) is 36.2 Å². The molecule has 0 radical (unpaired) electrons. The van der Waals surface area contributed by atoms with Crippen molar-refractivity contribution in [2.75, 3.05) is 20.2 Å². The average molecular weight is 229 g/mol. The number of nitrogens with one attached hydrogen (secondary N) is 1. The molecule has 3 rings (SSSR count). The maximum absolute atomic E-state index is 5.56. The Kier molecular flexibility index (Phi) is 2.53. The van der Waals surface area contributed by atoms with E-state index in [2.05, 4.69) is 15.3 Å². The fourth-order valence-corrected chi connectivity index (χ4v) is 2.16. The van der Waals surface area contributed by atoms with Crippen LogP contribution in [-0.2, 0) is 11.2 Å². The second-order valence-electron chi connectivity index (χ2n) is 4.52. The number of para-hydroxylation sites is 2. The zero-order valence-corrected chi connectivity index (χ0v) is 9.81. The largest absolute Gasteiger partial charge is 0.375 e. The van der Waals surface area contributed by atoms with Gasteiger partial charge in [-0.05, 0) is 12.1 Å². The van der Waals surface area contributed by atoms with E-state index >= 15 is 0 Å². The molecule has 4 nitrogen and oxygen atoms in total. The average Bonchev–Trinajstić information content (AvgIpc) is 2.34. The van der Waals surface area contributed by atoms with Gasteiger partial charge in [0.25, 0.3) is 0 Å². The molecular weight excluding hydrogens is 214 g/mol. The molecule has 0 atom stereocenters. The van der Waals surface area contributed by atoms with Crippen molar-refractivity contribution >= 4 is 11.0 Å². The lowest BCUT2D eigenvalue weighted by atomic mass is 9.91. The molecule has 0 bridgehead atoms. The lowest BCUT2D eigenvalue weighted by molar-refractivity contribution is -0.0508. The van der Waals surface area contributed by atoms with Crippen LogP contribution >= 0.6 is 0 Å². The van der Waals surface area contributed by atoms with E-state index in [-0.39, 0.29) is 5.60 Å². The monoisotopic (exact) mass is 229 g/mol. The molecule has 0 unspecified atom stereocenters. The predicted molar refractivity (Wildman–Crippen MR) is 65.9 cm³/mol. The molecule has 4 heteroatoms. The van der Waals surface area contributed by atoms with Gasteiger partial charge in [0.1, 0.15) is 0 Å². The molecule has 1 aromatic heterocycles. The number of hydrogen-bond acceptors (Lipinski definition) is 4. The number of ether oxygens (including phenoxy) is 1. The van der Waals surface area contributed by atoms with E-state index in [1.807, 2.05) is 30.5 Å². The van der Waals surface area contributed by atoms with Crippen molar-refractivity contribution in [3.05, 3.63) is 36.2 Å². The minimum atomic E-state index is -0.0862. The summed E-state index contributed by atoms with van der Waals surface area (Å²) in [6, 6.07) is 7.93. The normalized spacial score (nSPS) is 17.9. The molecule has 1 saturated heterocycles. The summed E-state index contributed by atoms with van der Waals surface area (Å²) in [5.41, 5.74) is 2.79. The fourth-order valence-electron chi connectivity index (χ4n) is 2.16. The topological polar surface area (TPSA) is 47.0 Å². The zero-order valence-electron chi connectivity index (χ0n) is 9.81. The van der Waals surface area contributed by atoms with E-state index in [1.54, 1.807) is 7.11 Å². The summed E-state index contributed by atoms with van der Waals surface area (Å²) in [5, 5.41) is 3.24. The van der Waals surface area contributed by atoms with Crippen LogP contribution in [0.4, 0.5) is 0 Å². The number of aromatic nitrogens is 2. The minimum Gasteiger partial charge on any atom is -0.375 e. The Morgan fingerprint density at radius 3 is 2.71 bits per heavy atom. The van der Waals surface area contributed by atoms with Crippen LogP contribution in [0.2, 0.25) is 0 Å². The third-order valence-corrected chi connectivity index (χ3v) is 3.33. The molecule has 0 aliphatic carbocycles. The first-order valence-electron chi connectivity index (χ1n) is 5.78. The van der Waals surface area contributed by atoms with Crippen molar-refractivity contribution in [2.24, 2.45) is 0 Å². The second-order valence-corrected chi connectivity index (χ2v) is 4.52. The highest BCUT2D eigenvalue weighted by molar-refractivity contribution is 5.73. The van der Waals surface area contributed by atoms with Crippen LogP contribution in [0.3, 0.4) is 0 Å². The Bertz CT molecular complexity index is 531. The van der Waals surface area contributed by atoms with Gasteiger partial charge in [-0.3, -0.25) is 4.98 Å². The van der Waals surface area contributed by atoms with Crippen molar-refractivity contribution < 1.29 is 4.74 Å². The van der Waals surface area contributed by atoms with E-state index in [1.165, 1.54) is 0 Å². The first kappa shape index (κ1) is 10.6. The zero-order chi connectivity index (χ0) is 11.7. The van der Waals surface area contributed by atoms with Gasteiger partial charge in [0.2, 0.25) is 0 Å². The van der Waals surface area contributed by atoms with E-state index < -0.39 is 0 Å². The Balaban J connectivity index is 1.90. The molecule has 1 N–H and O–H groups in total. The molecule has 1 aromatic carbocycles. The molecule has 1 fully saturated rings. The van der Waals surface area contributed by atoms with Crippen LogP contribution in [0.15, 0.2) is 30.5 Å². The van der Waals surface area contributed by atoms with Crippen molar-refractivity contribution in [3.63, 3.8) is 0 Å². The molecule has 88 valence electrons. The van der Waals surface area contributed by atoms with Crippen molar-refractivity contribution in [3.8, 4) is 0 Å². The Hall–Kier alpha value is -1.52. The van der Waals surface area contributed by atoms with Crippen LogP contribution in [0.25, 0.3) is 11.0 Å². The van der Waals surface area contributed by atoms with Crippen LogP contribution in [0.1, 0.15) is 5.69 Å². The Labute approximate surface area is 100 Å². The Morgan fingerprint density at radius 1 is 1.29 bits per heavy atom. The van der Waals surface area contributed by atoms with Crippen LogP contribution in [0, 0.1) is 0 Å². The molecular formula is C13H15N3O. The number of hydrogen-bond donors (Lipinski definition) is 1. The van der Waals surface area contributed by atoms with Crippen LogP contribution in [0.5, 0.6) is 0 Å². The minimum absolute atomic E-state index is 0.0862. The van der Waals surface area contributed by atoms with Crippen molar-refractivity contribution in [1.29, 1.82) is 0 Å². The molecule has 2 aromatic rings. The molecule has 0 spiro atoms. The quantitative estimate of drug-likeness (QED) is 0.858. The van der Waals surface area contributed by atoms with Crippen LogP contribution < -0.4 is 5.32 Å².